The summed E-state index contributed by atoms with van der Waals surface area (Å²) in [6.07, 6.45) is 4.52. The van der Waals surface area contributed by atoms with Crippen LogP contribution in [0, 0.1) is 5.92 Å². The Kier molecular flexibility index (Phi) is 9.48. The van der Waals surface area contributed by atoms with E-state index in [1.54, 1.807) is 0 Å². The van der Waals surface area contributed by atoms with Crippen molar-refractivity contribution < 1.29 is 18.9 Å². The van der Waals surface area contributed by atoms with Crippen molar-refractivity contribution >= 4 is 0 Å². The molecule has 1 saturated heterocycles. The summed E-state index contributed by atoms with van der Waals surface area (Å²) >= 11 is 0. The van der Waals surface area contributed by atoms with Gasteiger partial charge < -0.3 is 18.9 Å². The van der Waals surface area contributed by atoms with Crippen molar-refractivity contribution in [2.75, 3.05) is 39.6 Å². The van der Waals surface area contributed by atoms with Gasteiger partial charge in [0.2, 0.25) is 0 Å². The topological polar surface area (TPSA) is 36.9 Å². The summed E-state index contributed by atoms with van der Waals surface area (Å²) in [6.45, 7) is 8.56. The Morgan fingerprint density at radius 3 is 2.61 bits per heavy atom. The molecule has 1 aliphatic rings. The molecule has 2 unspecified atom stereocenters. The molecule has 4 nitrogen and oxygen atoms in total. The standard InChI is InChI=1S/C14H28O4/c1-3-13(2)12-16-9-8-15-10-11-18-14-6-4-5-7-17-14/h13-14H,3-12H2,1-2H3. The normalized spacial score (nSPS) is 22.0. The van der Waals surface area contributed by atoms with Gasteiger partial charge in [-0.3, -0.25) is 0 Å². The Morgan fingerprint density at radius 1 is 1.11 bits per heavy atom. The SMILES string of the molecule is CCC(C)COCCOCCOC1CCCCO1. The molecule has 4 heteroatoms. The lowest BCUT2D eigenvalue weighted by Crippen LogP contribution is -2.24. The highest BCUT2D eigenvalue weighted by Gasteiger charge is 2.13. The van der Waals surface area contributed by atoms with Gasteiger partial charge in [-0.15, -0.1) is 0 Å². The zero-order chi connectivity index (χ0) is 13.1. The first-order chi connectivity index (χ1) is 8.83. The number of ether oxygens (including phenoxy) is 4. The molecule has 108 valence electrons. The van der Waals surface area contributed by atoms with E-state index in [2.05, 4.69) is 13.8 Å². The van der Waals surface area contributed by atoms with Crippen LogP contribution in [0.15, 0.2) is 0 Å². The molecule has 18 heavy (non-hydrogen) atoms. The highest BCUT2D eigenvalue weighted by molar-refractivity contribution is 4.53. The molecular formula is C14H28O4. The third-order valence-electron chi connectivity index (χ3n) is 3.14. The maximum absolute atomic E-state index is 5.56. The minimum Gasteiger partial charge on any atom is -0.379 e. The minimum absolute atomic E-state index is 0.0102. The van der Waals surface area contributed by atoms with Crippen LogP contribution in [0.1, 0.15) is 39.5 Å². The fourth-order valence-electron chi connectivity index (χ4n) is 1.70. The maximum Gasteiger partial charge on any atom is 0.157 e. The van der Waals surface area contributed by atoms with Gasteiger partial charge in [0.15, 0.2) is 6.29 Å². The van der Waals surface area contributed by atoms with E-state index in [0.29, 0.717) is 32.3 Å². The fraction of sp³-hybridized carbons (Fsp3) is 1.00. The van der Waals surface area contributed by atoms with Crippen LogP contribution >= 0.6 is 0 Å². The van der Waals surface area contributed by atoms with E-state index in [1.165, 1.54) is 6.42 Å². The van der Waals surface area contributed by atoms with Gasteiger partial charge in [0.05, 0.1) is 26.4 Å². The van der Waals surface area contributed by atoms with Crippen molar-refractivity contribution in [2.45, 2.75) is 45.8 Å². The Bertz CT molecular complexity index is 181. The van der Waals surface area contributed by atoms with Gasteiger partial charge in [-0.1, -0.05) is 20.3 Å². The summed E-state index contributed by atoms with van der Waals surface area (Å²) in [7, 11) is 0. The Hall–Kier alpha value is -0.160. The van der Waals surface area contributed by atoms with Crippen LogP contribution in [0.3, 0.4) is 0 Å². The first kappa shape index (κ1) is 15.9. The van der Waals surface area contributed by atoms with E-state index in [1.807, 2.05) is 0 Å². The molecule has 2 atom stereocenters. The molecule has 0 aromatic heterocycles. The Balaban J connectivity index is 1.78. The molecule has 0 aromatic carbocycles. The van der Waals surface area contributed by atoms with Crippen LogP contribution in [0.4, 0.5) is 0 Å². The smallest absolute Gasteiger partial charge is 0.157 e. The van der Waals surface area contributed by atoms with Gasteiger partial charge >= 0.3 is 0 Å². The van der Waals surface area contributed by atoms with Crippen molar-refractivity contribution in [3.63, 3.8) is 0 Å². The van der Waals surface area contributed by atoms with Crippen LogP contribution in [-0.4, -0.2) is 45.9 Å². The van der Waals surface area contributed by atoms with E-state index in [4.69, 9.17) is 18.9 Å². The Labute approximate surface area is 111 Å². The monoisotopic (exact) mass is 260 g/mol. The van der Waals surface area contributed by atoms with E-state index in [9.17, 15) is 0 Å². The largest absolute Gasteiger partial charge is 0.379 e. The zero-order valence-electron chi connectivity index (χ0n) is 11.9. The van der Waals surface area contributed by atoms with Crippen molar-refractivity contribution in [3.05, 3.63) is 0 Å². The lowest BCUT2D eigenvalue weighted by Gasteiger charge is -2.22. The quantitative estimate of drug-likeness (QED) is 0.566. The third-order valence-corrected chi connectivity index (χ3v) is 3.14. The summed E-state index contributed by atoms with van der Waals surface area (Å²) in [5.41, 5.74) is 0. The lowest BCUT2D eigenvalue weighted by atomic mass is 10.1. The van der Waals surface area contributed by atoms with Gasteiger partial charge in [-0.2, -0.15) is 0 Å². The first-order valence-corrected chi connectivity index (χ1v) is 7.21. The average Bonchev–Trinajstić information content (AvgIpc) is 2.42. The third kappa shape index (κ3) is 8.03. The molecule has 1 rings (SSSR count). The zero-order valence-corrected chi connectivity index (χ0v) is 11.9. The second-order valence-corrected chi connectivity index (χ2v) is 4.87. The number of hydrogen-bond donors (Lipinski definition) is 0. The van der Waals surface area contributed by atoms with E-state index < -0.39 is 0 Å². The molecule has 0 amide bonds. The van der Waals surface area contributed by atoms with E-state index >= 15 is 0 Å². The molecule has 0 bridgehead atoms. The molecule has 0 radical (unpaired) electrons. The summed E-state index contributed by atoms with van der Waals surface area (Å²) < 4.78 is 21.9. The fourth-order valence-corrected chi connectivity index (χ4v) is 1.70. The van der Waals surface area contributed by atoms with E-state index in [0.717, 1.165) is 32.5 Å². The van der Waals surface area contributed by atoms with Crippen LogP contribution in [0.5, 0.6) is 0 Å². The highest BCUT2D eigenvalue weighted by atomic mass is 16.7. The van der Waals surface area contributed by atoms with Crippen LogP contribution in [0.2, 0.25) is 0 Å². The van der Waals surface area contributed by atoms with Crippen molar-refractivity contribution in [3.8, 4) is 0 Å². The van der Waals surface area contributed by atoms with Gasteiger partial charge in [0.25, 0.3) is 0 Å². The van der Waals surface area contributed by atoms with Gasteiger partial charge in [-0.25, -0.2) is 0 Å². The lowest BCUT2D eigenvalue weighted by molar-refractivity contribution is -0.169. The van der Waals surface area contributed by atoms with Crippen LogP contribution in [0.25, 0.3) is 0 Å². The Morgan fingerprint density at radius 2 is 1.89 bits per heavy atom. The van der Waals surface area contributed by atoms with Gasteiger partial charge in [-0.05, 0) is 25.2 Å². The summed E-state index contributed by atoms with van der Waals surface area (Å²) in [6, 6.07) is 0. The predicted octanol–water partition coefficient (Wildman–Crippen LogP) is 2.61. The highest BCUT2D eigenvalue weighted by Crippen LogP contribution is 2.13. The molecule has 1 aliphatic heterocycles. The molecule has 1 heterocycles. The second-order valence-electron chi connectivity index (χ2n) is 4.87. The van der Waals surface area contributed by atoms with E-state index in [-0.39, 0.29) is 6.29 Å². The summed E-state index contributed by atoms with van der Waals surface area (Å²) in [5, 5.41) is 0. The van der Waals surface area contributed by atoms with Crippen LogP contribution in [-0.2, 0) is 18.9 Å². The predicted molar refractivity (Wildman–Crippen MR) is 70.6 cm³/mol. The summed E-state index contributed by atoms with van der Waals surface area (Å²) in [4.78, 5) is 0. The van der Waals surface area contributed by atoms with Crippen LogP contribution < -0.4 is 0 Å². The minimum atomic E-state index is -0.0102. The van der Waals surface area contributed by atoms with Crippen molar-refractivity contribution in [1.29, 1.82) is 0 Å². The average molecular weight is 260 g/mol. The number of hydrogen-bond acceptors (Lipinski definition) is 4. The molecule has 0 aliphatic carbocycles. The maximum atomic E-state index is 5.56. The van der Waals surface area contributed by atoms with Gasteiger partial charge in [0.1, 0.15) is 0 Å². The molecule has 0 aromatic rings. The number of rotatable bonds is 10. The van der Waals surface area contributed by atoms with Crippen molar-refractivity contribution in [1.82, 2.24) is 0 Å². The second kappa shape index (κ2) is 10.7. The van der Waals surface area contributed by atoms with Gasteiger partial charge in [0, 0.05) is 13.2 Å². The molecule has 0 N–H and O–H groups in total. The molecular weight excluding hydrogens is 232 g/mol. The molecule has 0 spiro atoms. The first-order valence-electron chi connectivity index (χ1n) is 7.21. The summed E-state index contributed by atoms with van der Waals surface area (Å²) in [5.74, 6) is 0.636. The van der Waals surface area contributed by atoms with Crippen molar-refractivity contribution in [2.24, 2.45) is 5.92 Å². The molecule has 1 fully saturated rings. The molecule has 0 saturated carbocycles.